The number of ketones is 1. The average molecular weight is 312 g/mol. The summed E-state index contributed by atoms with van der Waals surface area (Å²) in [4.78, 5) is 11.6. The van der Waals surface area contributed by atoms with Gasteiger partial charge in [0.05, 0.1) is 5.52 Å². The van der Waals surface area contributed by atoms with E-state index in [0.29, 0.717) is 6.42 Å². The maximum atomic E-state index is 11.6. The topological polar surface area (TPSA) is 34.9 Å². The lowest BCUT2D eigenvalue weighted by molar-refractivity contribution is 0.0994. The Morgan fingerprint density at radius 3 is 3.00 bits per heavy atom. The van der Waals surface area contributed by atoms with Crippen LogP contribution in [-0.4, -0.2) is 15.6 Å². The van der Waals surface area contributed by atoms with Gasteiger partial charge in [0.1, 0.15) is 3.70 Å². The van der Waals surface area contributed by atoms with Crippen LogP contribution in [-0.2, 0) is 13.5 Å². The predicted octanol–water partition coefficient (Wildman–Crippen LogP) is 2.31. The zero-order valence-corrected chi connectivity index (χ0v) is 10.4. The van der Waals surface area contributed by atoms with Gasteiger partial charge in [0.25, 0.3) is 0 Å². The van der Waals surface area contributed by atoms with E-state index in [9.17, 15) is 4.79 Å². The van der Waals surface area contributed by atoms with Crippen molar-refractivity contribution in [3.8, 4) is 0 Å². The van der Waals surface area contributed by atoms with Crippen molar-refractivity contribution in [3.63, 3.8) is 0 Å². The first-order valence-corrected chi connectivity index (χ1v) is 5.93. The van der Waals surface area contributed by atoms with Gasteiger partial charge < -0.3 is 0 Å². The Bertz CT molecular complexity index is 586. The molecule has 0 N–H and O–H groups in total. The van der Waals surface area contributed by atoms with Crippen LogP contribution in [0.25, 0.3) is 10.9 Å². The first-order valence-electron chi connectivity index (χ1n) is 4.86. The highest BCUT2D eigenvalue weighted by Crippen LogP contribution is 2.32. The van der Waals surface area contributed by atoms with Crippen molar-refractivity contribution in [2.24, 2.45) is 7.05 Å². The minimum Gasteiger partial charge on any atom is -0.294 e. The third-order valence-corrected chi connectivity index (χ3v) is 3.74. The van der Waals surface area contributed by atoms with Crippen molar-refractivity contribution in [1.82, 2.24) is 9.78 Å². The molecule has 0 saturated carbocycles. The van der Waals surface area contributed by atoms with Crippen molar-refractivity contribution >= 4 is 39.3 Å². The lowest BCUT2D eigenvalue weighted by Crippen LogP contribution is -1.92. The van der Waals surface area contributed by atoms with Crippen molar-refractivity contribution in [2.75, 3.05) is 0 Å². The number of benzene rings is 1. The Morgan fingerprint density at radius 2 is 2.20 bits per heavy atom. The second-order valence-corrected chi connectivity index (χ2v) is 4.85. The van der Waals surface area contributed by atoms with Crippen LogP contribution < -0.4 is 0 Å². The van der Waals surface area contributed by atoms with Crippen LogP contribution in [0.1, 0.15) is 22.3 Å². The number of carbonyl (C=O) groups excluding carboxylic acids is 1. The van der Waals surface area contributed by atoms with Crippen LogP contribution in [0.3, 0.4) is 0 Å². The molecule has 0 radical (unpaired) electrons. The minimum atomic E-state index is 0.270. The Morgan fingerprint density at radius 1 is 1.40 bits per heavy atom. The number of rotatable bonds is 0. The molecule has 0 saturated heterocycles. The fourth-order valence-electron chi connectivity index (χ4n) is 2.26. The quantitative estimate of drug-likeness (QED) is 0.700. The molecule has 15 heavy (non-hydrogen) atoms. The van der Waals surface area contributed by atoms with Crippen molar-refractivity contribution in [2.45, 2.75) is 12.8 Å². The standard InChI is InChI=1S/C11H9IN2O/c1-14-8-4-2-6-7(3-5-9(6)15)10(8)11(12)13-14/h2,4H,3,5H2,1H3. The van der Waals surface area contributed by atoms with E-state index in [2.05, 4.69) is 27.7 Å². The zero-order valence-electron chi connectivity index (χ0n) is 8.25. The summed E-state index contributed by atoms with van der Waals surface area (Å²) in [6, 6.07) is 3.93. The molecule has 0 atom stereocenters. The van der Waals surface area contributed by atoms with Crippen LogP contribution in [0, 0.1) is 3.70 Å². The Labute approximate surface area is 101 Å². The summed E-state index contributed by atoms with van der Waals surface area (Å²) in [6.45, 7) is 0. The van der Waals surface area contributed by atoms with Gasteiger partial charge in [-0.25, -0.2) is 0 Å². The fourth-order valence-corrected chi connectivity index (χ4v) is 3.19. The molecule has 1 heterocycles. The van der Waals surface area contributed by atoms with Crippen molar-refractivity contribution in [3.05, 3.63) is 27.0 Å². The smallest absolute Gasteiger partial charge is 0.163 e. The molecule has 3 rings (SSSR count). The summed E-state index contributed by atoms with van der Waals surface area (Å²) in [5.41, 5.74) is 3.20. The number of halogens is 1. The molecule has 3 nitrogen and oxygen atoms in total. The summed E-state index contributed by atoms with van der Waals surface area (Å²) >= 11 is 2.24. The molecule has 76 valence electrons. The first-order chi connectivity index (χ1) is 7.18. The van der Waals surface area contributed by atoms with E-state index in [4.69, 9.17) is 0 Å². The normalized spacial score (nSPS) is 14.9. The van der Waals surface area contributed by atoms with Gasteiger partial charge in [-0.3, -0.25) is 9.48 Å². The molecule has 0 aliphatic heterocycles. The first kappa shape index (κ1) is 9.33. The number of carbonyl (C=O) groups is 1. The summed E-state index contributed by atoms with van der Waals surface area (Å²) in [6.07, 6.45) is 1.52. The summed E-state index contributed by atoms with van der Waals surface area (Å²) in [7, 11) is 1.94. The monoisotopic (exact) mass is 312 g/mol. The van der Waals surface area contributed by atoms with Crippen molar-refractivity contribution in [1.29, 1.82) is 0 Å². The van der Waals surface area contributed by atoms with Gasteiger partial charge >= 0.3 is 0 Å². The number of nitrogens with zero attached hydrogens (tertiary/aromatic N) is 2. The maximum Gasteiger partial charge on any atom is 0.163 e. The molecular formula is C11H9IN2O. The second kappa shape index (κ2) is 3.04. The van der Waals surface area contributed by atoms with Gasteiger partial charge in [-0.05, 0) is 46.7 Å². The van der Waals surface area contributed by atoms with E-state index in [1.165, 1.54) is 10.9 Å². The number of fused-ring (bicyclic) bond motifs is 3. The molecule has 0 bridgehead atoms. The summed E-state index contributed by atoms with van der Waals surface area (Å²) in [5, 5.41) is 5.55. The van der Waals surface area contributed by atoms with E-state index in [1.807, 2.05) is 23.9 Å². The molecule has 1 aliphatic carbocycles. The van der Waals surface area contributed by atoms with Crippen LogP contribution in [0.5, 0.6) is 0 Å². The largest absolute Gasteiger partial charge is 0.294 e. The van der Waals surface area contributed by atoms with E-state index in [-0.39, 0.29) is 5.78 Å². The van der Waals surface area contributed by atoms with Gasteiger partial charge in [0, 0.05) is 24.4 Å². The fraction of sp³-hybridized carbons (Fsp3) is 0.273. The van der Waals surface area contributed by atoms with Crippen LogP contribution in [0.4, 0.5) is 0 Å². The van der Waals surface area contributed by atoms with E-state index < -0.39 is 0 Å². The SMILES string of the molecule is Cn1nc(I)c2c3c(ccc21)C(=O)CC3. The Balaban J connectivity index is 2.48. The molecule has 0 unspecified atom stereocenters. The van der Waals surface area contributed by atoms with Crippen molar-refractivity contribution < 1.29 is 4.79 Å². The highest BCUT2D eigenvalue weighted by Gasteiger charge is 2.23. The Kier molecular flexibility index (Phi) is 1.89. The number of aromatic nitrogens is 2. The molecule has 0 amide bonds. The maximum absolute atomic E-state index is 11.6. The molecule has 4 heteroatoms. The molecule has 2 aromatic rings. The Hall–Kier alpha value is -0.910. The third-order valence-electron chi connectivity index (χ3n) is 2.99. The highest BCUT2D eigenvalue weighted by molar-refractivity contribution is 14.1. The summed E-state index contributed by atoms with van der Waals surface area (Å²) < 4.78 is 2.87. The zero-order chi connectivity index (χ0) is 10.6. The number of hydrogen-bond donors (Lipinski definition) is 0. The van der Waals surface area contributed by atoms with E-state index >= 15 is 0 Å². The van der Waals surface area contributed by atoms with Crippen LogP contribution >= 0.6 is 22.6 Å². The van der Waals surface area contributed by atoms with Gasteiger partial charge in [0.2, 0.25) is 0 Å². The molecule has 0 spiro atoms. The van der Waals surface area contributed by atoms with E-state index in [1.54, 1.807) is 0 Å². The predicted molar refractivity (Wildman–Crippen MR) is 66.1 cm³/mol. The number of hydrogen-bond acceptors (Lipinski definition) is 2. The van der Waals surface area contributed by atoms with Gasteiger partial charge in [0.15, 0.2) is 5.78 Å². The molecule has 1 aliphatic rings. The van der Waals surface area contributed by atoms with Crippen LogP contribution in [0.2, 0.25) is 0 Å². The molecule has 0 fully saturated rings. The highest BCUT2D eigenvalue weighted by atomic mass is 127. The second-order valence-electron chi connectivity index (χ2n) is 3.82. The minimum absolute atomic E-state index is 0.270. The lowest BCUT2D eigenvalue weighted by Gasteiger charge is -2.00. The summed E-state index contributed by atoms with van der Waals surface area (Å²) in [5.74, 6) is 0.270. The lowest BCUT2D eigenvalue weighted by atomic mass is 10.1. The van der Waals surface area contributed by atoms with Gasteiger partial charge in [-0.2, -0.15) is 5.10 Å². The molecule has 1 aromatic heterocycles. The van der Waals surface area contributed by atoms with Gasteiger partial charge in [-0.15, -0.1) is 0 Å². The average Bonchev–Trinajstić information content (AvgIpc) is 2.70. The van der Waals surface area contributed by atoms with Gasteiger partial charge in [-0.1, -0.05) is 0 Å². The molecular weight excluding hydrogens is 303 g/mol. The number of Topliss-reactive ketones (excluding diaryl/α,β-unsaturated/α-hetero) is 1. The number of aryl methyl sites for hydroxylation is 2. The molecule has 1 aromatic carbocycles. The third kappa shape index (κ3) is 1.17. The van der Waals surface area contributed by atoms with E-state index in [0.717, 1.165) is 21.2 Å². The van der Waals surface area contributed by atoms with Crippen LogP contribution in [0.15, 0.2) is 12.1 Å².